The van der Waals surface area contributed by atoms with Crippen LogP contribution in [0.1, 0.15) is 25.0 Å². The second-order valence-electron chi connectivity index (χ2n) is 7.07. The Morgan fingerprint density at radius 3 is 1.97 bits per heavy atom. The average molecular weight is 392 g/mol. The summed E-state index contributed by atoms with van der Waals surface area (Å²) in [5, 5.41) is 0. The van der Waals surface area contributed by atoms with E-state index < -0.39 is 0 Å². The SMILES string of the molecule is COc1cc(-c2cc([C]3[CH][CH][CH][CH]3)nc(N3CCCCC3)n2)cc(OC)c1OC. The third-order valence-corrected chi connectivity index (χ3v) is 5.27. The van der Waals surface area contributed by atoms with Gasteiger partial charge < -0.3 is 19.1 Å². The number of rotatable bonds is 6. The van der Waals surface area contributed by atoms with Crippen LogP contribution >= 0.6 is 0 Å². The standard InChI is InChI=1S/C23H26N3O3/c1-27-20-13-17(14-21(28-2)22(20)29-3)19-15-18(16-9-5-6-10-16)24-23(25-19)26-11-7-4-8-12-26/h5-6,9-10,13-15H,4,7-8,11-12H2,1-3H3. The fraction of sp³-hybridized carbons (Fsp3) is 0.348. The lowest BCUT2D eigenvalue weighted by Crippen LogP contribution is -2.31. The summed E-state index contributed by atoms with van der Waals surface area (Å²) in [5.74, 6) is 3.64. The molecule has 1 saturated carbocycles. The molecular weight excluding hydrogens is 366 g/mol. The smallest absolute Gasteiger partial charge is 0.226 e. The van der Waals surface area contributed by atoms with Gasteiger partial charge in [0.25, 0.3) is 0 Å². The van der Waals surface area contributed by atoms with Crippen LogP contribution in [0.4, 0.5) is 5.95 Å². The Labute approximate surface area is 173 Å². The molecule has 1 aliphatic carbocycles. The van der Waals surface area contributed by atoms with Crippen molar-refractivity contribution in [3.8, 4) is 28.5 Å². The number of hydrogen-bond donors (Lipinski definition) is 0. The van der Waals surface area contributed by atoms with E-state index in [1.54, 1.807) is 21.3 Å². The Morgan fingerprint density at radius 2 is 1.38 bits per heavy atom. The normalized spacial score (nSPS) is 17.4. The Balaban J connectivity index is 1.80. The van der Waals surface area contributed by atoms with Crippen LogP contribution in [0.25, 0.3) is 11.3 Å². The molecule has 0 bridgehead atoms. The molecular formula is C23H26N3O3. The number of nitrogens with zero attached hydrogens (tertiary/aromatic N) is 3. The topological polar surface area (TPSA) is 56.7 Å². The van der Waals surface area contributed by atoms with Gasteiger partial charge in [0.1, 0.15) is 0 Å². The minimum absolute atomic E-state index is 0.570. The van der Waals surface area contributed by atoms with Crippen molar-refractivity contribution in [1.82, 2.24) is 9.97 Å². The Hall–Kier alpha value is -2.50. The zero-order valence-electron chi connectivity index (χ0n) is 17.1. The molecule has 0 spiro atoms. The molecule has 29 heavy (non-hydrogen) atoms. The molecule has 6 nitrogen and oxygen atoms in total. The quantitative estimate of drug-likeness (QED) is 0.743. The van der Waals surface area contributed by atoms with E-state index in [0.29, 0.717) is 17.2 Å². The number of piperidine rings is 1. The molecule has 1 saturated heterocycles. The molecule has 0 N–H and O–H groups in total. The van der Waals surface area contributed by atoms with Crippen molar-refractivity contribution in [1.29, 1.82) is 0 Å². The van der Waals surface area contributed by atoms with Crippen molar-refractivity contribution in [3.05, 3.63) is 55.5 Å². The highest BCUT2D eigenvalue weighted by atomic mass is 16.5. The summed E-state index contributed by atoms with van der Waals surface area (Å²) in [6.45, 7) is 1.97. The number of aromatic nitrogens is 2. The second-order valence-corrected chi connectivity index (χ2v) is 7.07. The molecule has 2 heterocycles. The number of anilines is 1. The highest BCUT2D eigenvalue weighted by molar-refractivity contribution is 5.70. The summed E-state index contributed by atoms with van der Waals surface area (Å²) in [6.07, 6.45) is 11.8. The van der Waals surface area contributed by atoms with E-state index in [1.165, 1.54) is 19.3 Å². The molecule has 2 fully saturated rings. The van der Waals surface area contributed by atoms with Crippen LogP contribution in [0, 0.1) is 31.6 Å². The van der Waals surface area contributed by atoms with Crippen LogP contribution in [0.2, 0.25) is 0 Å². The second kappa shape index (κ2) is 8.89. The number of benzene rings is 1. The van der Waals surface area contributed by atoms with Gasteiger partial charge in [-0.2, -0.15) is 0 Å². The Bertz CT molecular complexity index is 818. The maximum atomic E-state index is 5.53. The van der Waals surface area contributed by atoms with Crippen molar-refractivity contribution < 1.29 is 14.2 Å². The van der Waals surface area contributed by atoms with E-state index in [9.17, 15) is 0 Å². The van der Waals surface area contributed by atoms with E-state index in [0.717, 1.165) is 41.9 Å². The fourth-order valence-electron chi connectivity index (χ4n) is 3.74. The number of hydrogen-bond acceptors (Lipinski definition) is 6. The first-order chi connectivity index (χ1) is 14.2. The summed E-state index contributed by atoms with van der Waals surface area (Å²) < 4.78 is 16.5. The van der Waals surface area contributed by atoms with Gasteiger partial charge in [0.05, 0.1) is 32.7 Å². The average Bonchev–Trinajstić information content (AvgIpc) is 3.33. The van der Waals surface area contributed by atoms with Gasteiger partial charge in [0, 0.05) is 24.6 Å². The minimum Gasteiger partial charge on any atom is -0.493 e. The molecule has 1 aromatic heterocycles. The monoisotopic (exact) mass is 392 g/mol. The van der Waals surface area contributed by atoms with E-state index in [4.69, 9.17) is 24.2 Å². The van der Waals surface area contributed by atoms with Crippen LogP contribution in [-0.2, 0) is 0 Å². The van der Waals surface area contributed by atoms with Gasteiger partial charge in [-0.05, 0) is 63.1 Å². The number of methoxy groups -OCH3 is 3. The molecule has 0 amide bonds. The third kappa shape index (κ3) is 4.11. The van der Waals surface area contributed by atoms with Gasteiger partial charge in [-0.3, -0.25) is 0 Å². The molecule has 0 unspecified atom stereocenters. The molecule has 0 atom stereocenters. The summed E-state index contributed by atoms with van der Waals surface area (Å²) in [5.41, 5.74) is 2.64. The van der Waals surface area contributed by atoms with Crippen LogP contribution in [-0.4, -0.2) is 44.4 Å². The zero-order chi connectivity index (χ0) is 20.2. The molecule has 2 aliphatic rings. The van der Waals surface area contributed by atoms with Crippen LogP contribution in [0.5, 0.6) is 17.2 Å². The molecule has 2 aromatic rings. The van der Waals surface area contributed by atoms with Gasteiger partial charge in [-0.25, -0.2) is 9.97 Å². The fourth-order valence-corrected chi connectivity index (χ4v) is 3.74. The highest BCUT2D eigenvalue weighted by Gasteiger charge is 2.24. The Morgan fingerprint density at radius 1 is 0.759 bits per heavy atom. The molecule has 4 rings (SSSR count). The number of ether oxygens (including phenoxy) is 3. The van der Waals surface area contributed by atoms with Crippen molar-refractivity contribution in [2.45, 2.75) is 19.3 Å². The first-order valence-electron chi connectivity index (χ1n) is 9.90. The largest absolute Gasteiger partial charge is 0.493 e. The molecule has 1 aliphatic heterocycles. The molecule has 5 radical (unpaired) electrons. The summed E-state index contributed by atoms with van der Waals surface area (Å²) in [4.78, 5) is 12.1. The van der Waals surface area contributed by atoms with Crippen LogP contribution < -0.4 is 19.1 Å². The maximum absolute atomic E-state index is 5.53. The van der Waals surface area contributed by atoms with E-state index in [-0.39, 0.29) is 0 Å². The van der Waals surface area contributed by atoms with Crippen LogP contribution in [0.3, 0.4) is 0 Å². The zero-order valence-corrected chi connectivity index (χ0v) is 17.1. The lowest BCUT2D eigenvalue weighted by Gasteiger charge is -2.27. The van der Waals surface area contributed by atoms with Gasteiger partial charge in [-0.1, -0.05) is 0 Å². The molecule has 1 aromatic carbocycles. The predicted octanol–water partition coefficient (Wildman–Crippen LogP) is 3.91. The third-order valence-electron chi connectivity index (χ3n) is 5.27. The first kappa shape index (κ1) is 19.8. The van der Waals surface area contributed by atoms with Crippen LogP contribution in [0.15, 0.2) is 18.2 Å². The van der Waals surface area contributed by atoms with Crippen molar-refractivity contribution in [3.63, 3.8) is 0 Å². The lowest BCUT2D eigenvalue weighted by atomic mass is 10.0. The lowest BCUT2D eigenvalue weighted by molar-refractivity contribution is 0.324. The Kier molecular flexibility index (Phi) is 6.07. The molecule has 6 heteroatoms. The molecule has 151 valence electrons. The summed E-state index contributed by atoms with van der Waals surface area (Å²) in [7, 11) is 4.85. The predicted molar refractivity (Wildman–Crippen MR) is 113 cm³/mol. The van der Waals surface area contributed by atoms with Gasteiger partial charge in [0.2, 0.25) is 11.7 Å². The summed E-state index contributed by atoms with van der Waals surface area (Å²) in [6, 6.07) is 5.88. The van der Waals surface area contributed by atoms with Crippen molar-refractivity contribution >= 4 is 5.95 Å². The minimum atomic E-state index is 0.570. The summed E-state index contributed by atoms with van der Waals surface area (Å²) >= 11 is 0. The maximum Gasteiger partial charge on any atom is 0.226 e. The van der Waals surface area contributed by atoms with Crippen molar-refractivity contribution in [2.24, 2.45) is 0 Å². The van der Waals surface area contributed by atoms with E-state index >= 15 is 0 Å². The van der Waals surface area contributed by atoms with Crippen molar-refractivity contribution in [2.75, 3.05) is 39.3 Å². The first-order valence-corrected chi connectivity index (χ1v) is 9.90. The van der Waals surface area contributed by atoms with E-state index in [1.807, 2.05) is 31.0 Å². The van der Waals surface area contributed by atoms with Gasteiger partial charge >= 0.3 is 0 Å². The van der Waals surface area contributed by atoms with Gasteiger partial charge in [-0.15, -0.1) is 0 Å². The highest BCUT2D eigenvalue weighted by Crippen LogP contribution is 2.41. The van der Waals surface area contributed by atoms with Gasteiger partial charge in [0.15, 0.2) is 11.5 Å². The van der Waals surface area contributed by atoms with E-state index in [2.05, 4.69) is 17.7 Å².